The number of halogens is 1. The van der Waals surface area contributed by atoms with Gasteiger partial charge >= 0.3 is 5.69 Å². The van der Waals surface area contributed by atoms with E-state index in [9.17, 15) is 10.1 Å². The Morgan fingerprint density at radius 1 is 1.52 bits per heavy atom. The van der Waals surface area contributed by atoms with E-state index in [-0.39, 0.29) is 16.5 Å². The number of nitro groups is 1. The maximum atomic E-state index is 10.9. The van der Waals surface area contributed by atoms with Crippen LogP contribution in [0, 0.1) is 21.4 Å². The van der Waals surface area contributed by atoms with Crippen LogP contribution in [-0.4, -0.2) is 24.1 Å². The number of hydrogen-bond donors (Lipinski definition) is 1. The fraction of sp³-hybridized carbons (Fsp3) is 0.500. The van der Waals surface area contributed by atoms with Gasteiger partial charge in [-0.1, -0.05) is 17.7 Å². The van der Waals surface area contributed by atoms with Gasteiger partial charge in [-0.05, 0) is 39.3 Å². The highest BCUT2D eigenvalue weighted by molar-refractivity contribution is 6.32. The van der Waals surface area contributed by atoms with E-state index in [0.717, 1.165) is 6.42 Å². The summed E-state index contributed by atoms with van der Waals surface area (Å²) in [5.41, 5.74) is -0.698. The van der Waals surface area contributed by atoms with E-state index in [2.05, 4.69) is 11.4 Å². The van der Waals surface area contributed by atoms with Crippen LogP contribution in [0.15, 0.2) is 18.2 Å². The molecule has 114 valence electrons. The molecule has 0 heterocycles. The fourth-order valence-electron chi connectivity index (χ4n) is 1.78. The molecule has 1 aromatic rings. The van der Waals surface area contributed by atoms with Crippen molar-refractivity contribution in [1.82, 2.24) is 5.32 Å². The monoisotopic (exact) mass is 311 g/mol. The van der Waals surface area contributed by atoms with Crippen molar-refractivity contribution in [1.29, 1.82) is 5.26 Å². The molecule has 1 rings (SSSR count). The number of rotatable bonds is 8. The van der Waals surface area contributed by atoms with Gasteiger partial charge in [-0.15, -0.1) is 0 Å². The number of unbranched alkanes of at least 4 members (excludes halogenated alkanes) is 1. The normalized spacial score (nSPS) is 13.2. The predicted molar refractivity (Wildman–Crippen MR) is 80.5 cm³/mol. The zero-order chi connectivity index (χ0) is 15.9. The number of benzene rings is 1. The number of nitro benzene ring substituents is 1. The van der Waals surface area contributed by atoms with Crippen molar-refractivity contribution in [2.75, 3.05) is 13.7 Å². The maximum Gasteiger partial charge on any atom is 0.312 e. The molecule has 0 saturated heterocycles. The molecule has 7 heteroatoms. The van der Waals surface area contributed by atoms with Crippen LogP contribution in [0.5, 0.6) is 5.75 Å². The topological polar surface area (TPSA) is 88.2 Å². The SMILES string of the molecule is CNC(C)(C#N)CCCCOc1c(Cl)cccc1[N+](=O)[O-]. The van der Waals surface area contributed by atoms with Gasteiger partial charge in [0.05, 0.1) is 22.6 Å². The lowest BCUT2D eigenvalue weighted by atomic mass is 9.97. The van der Waals surface area contributed by atoms with E-state index in [1.54, 1.807) is 13.1 Å². The van der Waals surface area contributed by atoms with Crippen LogP contribution in [0.3, 0.4) is 0 Å². The second-order valence-corrected chi connectivity index (χ2v) is 5.25. The largest absolute Gasteiger partial charge is 0.486 e. The molecule has 0 saturated carbocycles. The molecule has 1 aromatic carbocycles. The van der Waals surface area contributed by atoms with Crippen molar-refractivity contribution < 1.29 is 9.66 Å². The number of nitrogens with one attached hydrogen (secondary N) is 1. The second kappa shape index (κ2) is 7.81. The third-order valence-electron chi connectivity index (χ3n) is 3.26. The van der Waals surface area contributed by atoms with E-state index >= 15 is 0 Å². The minimum absolute atomic E-state index is 0.0980. The Morgan fingerprint density at radius 2 is 2.24 bits per heavy atom. The van der Waals surface area contributed by atoms with Gasteiger partial charge < -0.3 is 10.1 Å². The minimum Gasteiger partial charge on any atom is -0.486 e. The fourth-order valence-corrected chi connectivity index (χ4v) is 2.00. The quantitative estimate of drug-likeness (QED) is 0.452. The number of para-hydroxylation sites is 1. The molecule has 1 atom stereocenters. The predicted octanol–water partition coefficient (Wildman–Crippen LogP) is 3.30. The van der Waals surface area contributed by atoms with Gasteiger partial charge in [-0.3, -0.25) is 10.1 Å². The van der Waals surface area contributed by atoms with Crippen molar-refractivity contribution in [2.45, 2.75) is 31.7 Å². The summed E-state index contributed by atoms with van der Waals surface area (Å²) in [6.07, 6.45) is 2.12. The van der Waals surface area contributed by atoms with Crippen molar-refractivity contribution in [3.63, 3.8) is 0 Å². The van der Waals surface area contributed by atoms with Crippen molar-refractivity contribution >= 4 is 17.3 Å². The average Bonchev–Trinajstić information content (AvgIpc) is 2.47. The highest BCUT2D eigenvalue weighted by Crippen LogP contribution is 2.34. The highest BCUT2D eigenvalue weighted by Gasteiger charge is 2.21. The van der Waals surface area contributed by atoms with Gasteiger partial charge in [0.1, 0.15) is 5.54 Å². The average molecular weight is 312 g/mol. The molecule has 1 N–H and O–H groups in total. The number of nitrogens with zero attached hydrogens (tertiary/aromatic N) is 2. The Morgan fingerprint density at radius 3 is 2.81 bits per heavy atom. The third kappa shape index (κ3) is 4.88. The summed E-state index contributed by atoms with van der Waals surface area (Å²) in [5, 5.41) is 23.1. The Kier molecular flexibility index (Phi) is 6.40. The summed E-state index contributed by atoms with van der Waals surface area (Å²) < 4.78 is 5.43. The highest BCUT2D eigenvalue weighted by atomic mass is 35.5. The molecule has 6 nitrogen and oxygen atoms in total. The molecule has 0 radical (unpaired) electrons. The first-order chi connectivity index (χ1) is 9.93. The van der Waals surface area contributed by atoms with Crippen LogP contribution in [0.2, 0.25) is 5.02 Å². The van der Waals surface area contributed by atoms with Crippen LogP contribution >= 0.6 is 11.6 Å². The molecule has 0 aliphatic carbocycles. The first-order valence-corrected chi connectivity index (χ1v) is 6.97. The minimum atomic E-state index is -0.559. The third-order valence-corrected chi connectivity index (χ3v) is 3.56. The Labute approximate surface area is 128 Å². The summed E-state index contributed by atoms with van der Waals surface area (Å²) in [5.74, 6) is 0.0980. The zero-order valence-electron chi connectivity index (χ0n) is 12.1. The molecule has 0 bridgehead atoms. The number of nitriles is 1. The standard InChI is InChI=1S/C14H18ClN3O3/c1-14(10-16,17-2)8-3-4-9-21-13-11(15)6-5-7-12(13)18(19)20/h5-7,17H,3-4,8-9H2,1-2H3. The van der Waals surface area contributed by atoms with E-state index in [0.29, 0.717) is 19.4 Å². The van der Waals surface area contributed by atoms with Crippen LogP contribution in [0.25, 0.3) is 0 Å². The van der Waals surface area contributed by atoms with Gasteiger partial charge in [0.25, 0.3) is 0 Å². The molecule has 0 spiro atoms. The molecule has 21 heavy (non-hydrogen) atoms. The van der Waals surface area contributed by atoms with Crippen LogP contribution in [-0.2, 0) is 0 Å². The van der Waals surface area contributed by atoms with Crippen LogP contribution < -0.4 is 10.1 Å². The van der Waals surface area contributed by atoms with Crippen LogP contribution in [0.1, 0.15) is 26.2 Å². The Balaban J connectivity index is 2.51. The summed E-state index contributed by atoms with van der Waals surface area (Å²) >= 11 is 5.92. The van der Waals surface area contributed by atoms with Gasteiger partial charge in [-0.2, -0.15) is 5.26 Å². The lowest BCUT2D eigenvalue weighted by Gasteiger charge is -2.20. The van der Waals surface area contributed by atoms with Crippen molar-refractivity contribution in [2.24, 2.45) is 0 Å². The molecule has 0 amide bonds. The van der Waals surface area contributed by atoms with Gasteiger partial charge in [0.2, 0.25) is 5.75 Å². The summed E-state index contributed by atoms with van der Waals surface area (Å²) in [6.45, 7) is 2.14. The van der Waals surface area contributed by atoms with E-state index in [1.165, 1.54) is 12.1 Å². The van der Waals surface area contributed by atoms with E-state index in [1.807, 2.05) is 6.92 Å². The lowest BCUT2D eigenvalue weighted by molar-refractivity contribution is -0.385. The van der Waals surface area contributed by atoms with Gasteiger partial charge in [0, 0.05) is 6.07 Å². The lowest BCUT2D eigenvalue weighted by Crippen LogP contribution is -2.37. The van der Waals surface area contributed by atoms with Crippen molar-refractivity contribution in [3.8, 4) is 11.8 Å². The summed E-state index contributed by atoms with van der Waals surface area (Å²) in [7, 11) is 1.74. The zero-order valence-corrected chi connectivity index (χ0v) is 12.8. The molecule has 0 fully saturated rings. The first kappa shape index (κ1) is 17.2. The molecular formula is C14H18ClN3O3. The summed E-state index contributed by atoms with van der Waals surface area (Å²) in [6, 6.07) is 6.63. The molecule has 0 aromatic heterocycles. The van der Waals surface area contributed by atoms with Gasteiger partial charge in [0.15, 0.2) is 0 Å². The second-order valence-electron chi connectivity index (χ2n) is 4.84. The molecule has 1 unspecified atom stereocenters. The smallest absolute Gasteiger partial charge is 0.312 e. The first-order valence-electron chi connectivity index (χ1n) is 6.59. The molecule has 0 aliphatic rings. The van der Waals surface area contributed by atoms with Crippen molar-refractivity contribution in [3.05, 3.63) is 33.3 Å². The van der Waals surface area contributed by atoms with E-state index < -0.39 is 10.5 Å². The number of hydrogen-bond acceptors (Lipinski definition) is 5. The number of ether oxygens (including phenoxy) is 1. The maximum absolute atomic E-state index is 10.9. The summed E-state index contributed by atoms with van der Waals surface area (Å²) in [4.78, 5) is 10.4. The Bertz CT molecular complexity index is 545. The van der Waals surface area contributed by atoms with E-state index in [4.69, 9.17) is 21.6 Å². The molecular weight excluding hydrogens is 294 g/mol. The Hall–Kier alpha value is -1.84. The van der Waals surface area contributed by atoms with Crippen LogP contribution in [0.4, 0.5) is 5.69 Å². The van der Waals surface area contributed by atoms with Gasteiger partial charge in [-0.25, -0.2) is 0 Å². The molecule has 0 aliphatic heterocycles.